The summed E-state index contributed by atoms with van der Waals surface area (Å²) >= 11 is 12.3. The Morgan fingerprint density at radius 3 is 2.23 bits per heavy atom. The molecule has 0 aliphatic heterocycles. The predicted molar refractivity (Wildman–Crippen MR) is 138 cm³/mol. The number of amides is 2. The summed E-state index contributed by atoms with van der Waals surface area (Å²) in [7, 11) is 1.58. The molecule has 3 aromatic carbocycles. The maximum absolute atomic E-state index is 13.5. The molecule has 0 radical (unpaired) electrons. The van der Waals surface area contributed by atoms with E-state index in [4.69, 9.17) is 32.7 Å². The number of carbonyl (C=O) groups is 2. The number of nitrogens with one attached hydrogen (secondary N) is 1. The second kappa shape index (κ2) is 13.0. The van der Waals surface area contributed by atoms with E-state index in [-0.39, 0.29) is 25.0 Å². The molecule has 0 saturated heterocycles. The summed E-state index contributed by atoms with van der Waals surface area (Å²) in [5, 5.41) is 3.65. The molecule has 3 aromatic rings. The van der Waals surface area contributed by atoms with E-state index in [1.54, 1.807) is 49.6 Å². The zero-order valence-electron chi connectivity index (χ0n) is 19.7. The number of nitrogens with zero attached hydrogens (tertiary/aromatic N) is 1. The molecule has 184 valence electrons. The lowest BCUT2D eigenvalue weighted by Gasteiger charge is -2.31. The van der Waals surface area contributed by atoms with Gasteiger partial charge in [0.1, 0.15) is 17.5 Å². The normalized spacial score (nSPS) is 11.4. The number of ether oxygens (including phenoxy) is 2. The number of hydrogen-bond donors (Lipinski definition) is 1. The van der Waals surface area contributed by atoms with E-state index in [2.05, 4.69) is 5.32 Å². The van der Waals surface area contributed by atoms with Crippen molar-refractivity contribution in [3.05, 3.63) is 94.0 Å². The standard InChI is InChI=1S/C27H28Cl2N2O4/c1-3-30-27(33)25(16-19-7-5-4-6-8-19)31(17-20-9-14-23(28)24(29)15-20)26(32)18-35-22-12-10-21(34-2)11-13-22/h4-15,25H,3,16-18H2,1-2H3,(H,30,33)/t25-/m1/s1. The Kier molecular flexibility index (Phi) is 9.82. The van der Waals surface area contributed by atoms with E-state index >= 15 is 0 Å². The first-order valence-electron chi connectivity index (χ1n) is 11.2. The SMILES string of the molecule is CCNC(=O)[C@@H](Cc1ccccc1)N(Cc1ccc(Cl)c(Cl)c1)C(=O)COc1ccc(OC)cc1. The summed E-state index contributed by atoms with van der Waals surface area (Å²) in [6.07, 6.45) is 0.349. The largest absolute Gasteiger partial charge is 0.497 e. The third kappa shape index (κ3) is 7.64. The molecular weight excluding hydrogens is 487 g/mol. The highest BCUT2D eigenvalue weighted by atomic mass is 35.5. The third-order valence-electron chi connectivity index (χ3n) is 5.38. The minimum Gasteiger partial charge on any atom is -0.497 e. The van der Waals surface area contributed by atoms with Gasteiger partial charge in [0.15, 0.2) is 6.61 Å². The van der Waals surface area contributed by atoms with Gasteiger partial charge in [0.05, 0.1) is 17.2 Å². The molecule has 35 heavy (non-hydrogen) atoms. The van der Waals surface area contributed by atoms with Crippen molar-refractivity contribution in [1.82, 2.24) is 10.2 Å². The Balaban J connectivity index is 1.88. The number of likely N-dealkylation sites (N-methyl/N-ethyl adjacent to an activating group) is 1. The van der Waals surface area contributed by atoms with Crippen molar-refractivity contribution in [3.8, 4) is 11.5 Å². The van der Waals surface area contributed by atoms with Crippen molar-refractivity contribution in [2.75, 3.05) is 20.3 Å². The highest BCUT2D eigenvalue weighted by molar-refractivity contribution is 6.42. The Hall–Kier alpha value is -3.22. The summed E-state index contributed by atoms with van der Waals surface area (Å²) in [5.41, 5.74) is 1.69. The number of methoxy groups -OCH3 is 1. The van der Waals surface area contributed by atoms with E-state index in [0.29, 0.717) is 34.5 Å². The molecule has 6 nitrogen and oxygen atoms in total. The van der Waals surface area contributed by atoms with Gasteiger partial charge in [-0.15, -0.1) is 0 Å². The monoisotopic (exact) mass is 514 g/mol. The molecule has 2 amide bonds. The van der Waals surface area contributed by atoms with Crippen molar-refractivity contribution in [1.29, 1.82) is 0 Å². The summed E-state index contributed by atoms with van der Waals surface area (Å²) in [4.78, 5) is 28.1. The fraction of sp³-hybridized carbons (Fsp3) is 0.259. The molecule has 0 bridgehead atoms. The lowest BCUT2D eigenvalue weighted by molar-refractivity contribution is -0.142. The average Bonchev–Trinajstić information content (AvgIpc) is 2.87. The third-order valence-corrected chi connectivity index (χ3v) is 6.12. The number of halogens is 2. The van der Waals surface area contributed by atoms with E-state index < -0.39 is 6.04 Å². The van der Waals surface area contributed by atoms with E-state index in [0.717, 1.165) is 11.1 Å². The molecule has 0 heterocycles. The number of hydrogen-bond acceptors (Lipinski definition) is 4. The zero-order valence-corrected chi connectivity index (χ0v) is 21.2. The smallest absolute Gasteiger partial charge is 0.261 e. The maximum Gasteiger partial charge on any atom is 0.261 e. The molecule has 0 spiro atoms. The van der Waals surface area contributed by atoms with Crippen molar-refractivity contribution in [3.63, 3.8) is 0 Å². The maximum atomic E-state index is 13.5. The molecule has 8 heteroatoms. The Bertz CT molecular complexity index is 1120. The first-order chi connectivity index (χ1) is 16.9. The van der Waals surface area contributed by atoms with Crippen LogP contribution in [0.3, 0.4) is 0 Å². The fourth-order valence-corrected chi connectivity index (χ4v) is 3.90. The molecule has 3 rings (SSSR count). The summed E-state index contributed by atoms with van der Waals surface area (Å²) in [5.74, 6) is 0.628. The fourth-order valence-electron chi connectivity index (χ4n) is 3.58. The molecule has 0 fully saturated rings. The molecule has 1 N–H and O–H groups in total. The van der Waals surface area contributed by atoms with Crippen LogP contribution in [-0.2, 0) is 22.6 Å². The van der Waals surface area contributed by atoms with Crippen LogP contribution in [0.2, 0.25) is 10.0 Å². The molecule has 0 unspecified atom stereocenters. The zero-order chi connectivity index (χ0) is 25.2. The highest BCUT2D eigenvalue weighted by Gasteiger charge is 2.30. The highest BCUT2D eigenvalue weighted by Crippen LogP contribution is 2.24. The summed E-state index contributed by atoms with van der Waals surface area (Å²) in [6.45, 7) is 2.21. The molecule has 0 saturated carbocycles. The van der Waals surface area contributed by atoms with Crippen molar-refractivity contribution in [2.45, 2.75) is 25.9 Å². The minimum absolute atomic E-state index is 0.163. The molecule has 1 atom stereocenters. The van der Waals surface area contributed by atoms with Gasteiger partial charge in [-0.05, 0) is 54.4 Å². The van der Waals surface area contributed by atoms with Crippen molar-refractivity contribution >= 4 is 35.0 Å². The first kappa shape index (κ1) is 26.4. The van der Waals surface area contributed by atoms with Gasteiger partial charge < -0.3 is 19.7 Å². The van der Waals surface area contributed by atoms with Gasteiger partial charge in [-0.1, -0.05) is 59.6 Å². The molecular formula is C27H28Cl2N2O4. The van der Waals surface area contributed by atoms with Crippen molar-refractivity contribution in [2.24, 2.45) is 0 Å². The van der Waals surface area contributed by atoms with Crippen LogP contribution in [0.1, 0.15) is 18.1 Å². The Labute approximate surface area is 215 Å². The van der Waals surface area contributed by atoms with Gasteiger partial charge in [0, 0.05) is 19.5 Å². The van der Waals surface area contributed by atoms with Crippen LogP contribution < -0.4 is 14.8 Å². The van der Waals surface area contributed by atoms with Crippen LogP contribution in [0.4, 0.5) is 0 Å². The summed E-state index contributed by atoms with van der Waals surface area (Å²) in [6, 6.07) is 20.9. The molecule has 0 aliphatic rings. The van der Waals surface area contributed by atoms with E-state index in [1.165, 1.54) is 4.90 Å². The number of benzene rings is 3. The van der Waals surface area contributed by atoms with Gasteiger partial charge >= 0.3 is 0 Å². The van der Waals surface area contributed by atoms with Crippen molar-refractivity contribution < 1.29 is 19.1 Å². The topological polar surface area (TPSA) is 67.9 Å². The van der Waals surface area contributed by atoms with Gasteiger partial charge in [0.2, 0.25) is 5.91 Å². The van der Waals surface area contributed by atoms with Crippen LogP contribution in [0.15, 0.2) is 72.8 Å². The van der Waals surface area contributed by atoms with Crippen LogP contribution >= 0.6 is 23.2 Å². The van der Waals surface area contributed by atoms with Crippen LogP contribution in [0, 0.1) is 0 Å². The number of rotatable bonds is 11. The van der Waals surface area contributed by atoms with Crippen LogP contribution in [0.25, 0.3) is 0 Å². The van der Waals surface area contributed by atoms with Crippen LogP contribution in [-0.4, -0.2) is 43.0 Å². The van der Waals surface area contributed by atoms with Gasteiger partial charge in [-0.3, -0.25) is 9.59 Å². The second-order valence-corrected chi connectivity index (χ2v) is 8.65. The van der Waals surface area contributed by atoms with Gasteiger partial charge in [-0.2, -0.15) is 0 Å². The van der Waals surface area contributed by atoms with E-state index in [9.17, 15) is 9.59 Å². The number of carbonyl (C=O) groups excluding carboxylic acids is 2. The summed E-state index contributed by atoms with van der Waals surface area (Å²) < 4.78 is 10.9. The molecule has 0 aromatic heterocycles. The second-order valence-electron chi connectivity index (χ2n) is 7.83. The van der Waals surface area contributed by atoms with E-state index in [1.807, 2.05) is 37.3 Å². The minimum atomic E-state index is -0.751. The lowest BCUT2D eigenvalue weighted by atomic mass is 10.0. The quantitative estimate of drug-likeness (QED) is 0.383. The van der Waals surface area contributed by atoms with Crippen LogP contribution in [0.5, 0.6) is 11.5 Å². The lowest BCUT2D eigenvalue weighted by Crippen LogP contribution is -2.51. The predicted octanol–water partition coefficient (Wildman–Crippen LogP) is 5.16. The Morgan fingerprint density at radius 2 is 1.60 bits per heavy atom. The first-order valence-corrected chi connectivity index (χ1v) is 12.0. The molecule has 0 aliphatic carbocycles. The van der Waals surface area contributed by atoms with Gasteiger partial charge in [0.25, 0.3) is 5.91 Å². The average molecular weight is 515 g/mol. The Morgan fingerprint density at radius 1 is 0.914 bits per heavy atom. The van der Waals surface area contributed by atoms with Gasteiger partial charge in [-0.25, -0.2) is 0 Å².